The highest BCUT2D eigenvalue weighted by atomic mass is 16.2. The highest BCUT2D eigenvalue weighted by molar-refractivity contribution is 5.80. The maximum absolute atomic E-state index is 11.9. The maximum atomic E-state index is 11.9. The van der Waals surface area contributed by atoms with Crippen molar-refractivity contribution in [3.8, 4) is 0 Å². The summed E-state index contributed by atoms with van der Waals surface area (Å²) < 4.78 is 1.72. The molecule has 0 aliphatic carbocycles. The third-order valence-electron chi connectivity index (χ3n) is 4.32. The first kappa shape index (κ1) is 18.2. The zero-order chi connectivity index (χ0) is 17.4. The van der Waals surface area contributed by atoms with Crippen LogP contribution in [0.3, 0.4) is 0 Å². The van der Waals surface area contributed by atoms with Crippen molar-refractivity contribution in [1.82, 2.24) is 30.3 Å². The number of nitrogens with one attached hydrogen (secondary N) is 2. The first-order valence-corrected chi connectivity index (χ1v) is 8.80. The summed E-state index contributed by atoms with van der Waals surface area (Å²) in [6.45, 7) is 7.14. The van der Waals surface area contributed by atoms with E-state index in [4.69, 9.17) is 0 Å². The van der Waals surface area contributed by atoms with Gasteiger partial charge < -0.3 is 15.5 Å². The Kier molecular flexibility index (Phi) is 7.02. The summed E-state index contributed by atoms with van der Waals surface area (Å²) in [6, 6.07) is 0.314. The minimum absolute atomic E-state index is 0.296. The van der Waals surface area contributed by atoms with Gasteiger partial charge in [0.2, 0.25) is 5.91 Å². The molecule has 0 saturated carbocycles. The summed E-state index contributed by atoms with van der Waals surface area (Å²) in [6.07, 6.45) is 5.14. The van der Waals surface area contributed by atoms with Gasteiger partial charge in [0, 0.05) is 39.1 Å². The van der Waals surface area contributed by atoms with E-state index in [0.29, 0.717) is 24.9 Å². The molecule has 0 radical (unpaired) electrons. The molecule has 2 rings (SSSR count). The lowest BCUT2D eigenvalue weighted by molar-refractivity contribution is -0.129. The molecular formula is C16H29N7O. The lowest BCUT2D eigenvalue weighted by atomic mass is 10.1. The first-order valence-electron chi connectivity index (χ1n) is 8.80. The number of rotatable bonds is 8. The van der Waals surface area contributed by atoms with Crippen LogP contribution < -0.4 is 10.6 Å². The molecule has 0 aromatic carbocycles. The number of nitrogens with zero attached hydrogens (tertiary/aromatic N) is 5. The molecule has 1 unspecified atom stereocenters. The number of carbonyl (C=O) groups is 1. The summed E-state index contributed by atoms with van der Waals surface area (Å²) in [5.74, 6) is 1.88. The molecule has 2 heterocycles. The zero-order valence-electron chi connectivity index (χ0n) is 15.0. The molecule has 8 nitrogen and oxygen atoms in total. The molecule has 1 aliphatic heterocycles. The number of likely N-dealkylation sites (tertiary alicyclic amines) is 1. The van der Waals surface area contributed by atoms with E-state index >= 15 is 0 Å². The van der Waals surface area contributed by atoms with Gasteiger partial charge in [0.25, 0.3) is 0 Å². The largest absolute Gasteiger partial charge is 0.357 e. The van der Waals surface area contributed by atoms with Crippen molar-refractivity contribution < 1.29 is 4.79 Å². The molecule has 0 spiro atoms. The minimum Gasteiger partial charge on any atom is -0.357 e. The molecular weight excluding hydrogens is 306 g/mol. The number of carbonyl (C=O) groups excluding carboxylic acids is 1. The van der Waals surface area contributed by atoms with Gasteiger partial charge in [-0.05, 0) is 26.2 Å². The van der Waals surface area contributed by atoms with Crippen LogP contribution in [-0.4, -0.2) is 57.2 Å². The SMILES string of the molecule is CCNC(=NCc1ncnn1C)NCCC(CC)N1CCCC1=O. The van der Waals surface area contributed by atoms with Gasteiger partial charge in [-0.2, -0.15) is 5.10 Å². The normalized spacial score (nSPS) is 16.5. The monoisotopic (exact) mass is 335 g/mol. The number of hydrogen-bond donors (Lipinski definition) is 2. The summed E-state index contributed by atoms with van der Waals surface area (Å²) in [5, 5.41) is 10.6. The number of aryl methyl sites for hydroxylation is 1. The Morgan fingerprint density at radius 1 is 1.42 bits per heavy atom. The maximum Gasteiger partial charge on any atom is 0.222 e. The lowest BCUT2D eigenvalue weighted by Crippen LogP contribution is -2.42. The van der Waals surface area contributed by atoms with E-state index in [1.165, 1.54) is 6.33 Å². The van der Waals surface area contributed by atoms with E-state index in [1.807, 2.05) is 18.9 Å². The van der Waals surface area contributed by atoms with Gasteiger partial charge in [-0.25, -0.2) is 9.98 Å². The molecule has 1 saturated heterocycles. The average Bonchev–Trinajstić information content (AvgIpc) is 3.17. The van der Waals surface area contributed by atoms with Gasteiger partial charge >= 0.3 is 0 Å². The van der Waals surface area contributed by atoms with E-state index in [-0.39, 0.29) is 0 Å². The zero-order valence-corrected chi connectivity index (χ0v) is 15.0. The van der Waals surface area contributed by atoms with Crippen LogP contribution in [0.25, 0.3) is 0 Å². The fraction of sp³-hybridized carbons (Fsp3) is 0.750. The molecule has 0 bridgehead atoms. The number of guanidine groups is 1. The average molecular weight is 335 g/mol. The Hall–Kier alpha value is -2.12. The van der Waals surface area contributed by atoms with Crippen molar-refractivity contribution in [2.45, 2.75) is 52.1 Å². The van der Waals surface area contributed by atoms with Gasteiger partial charge in [0.05, 0.1) is 0 Å². The Morgan fingerprint density at radius 2 is 2.25 bits per heavy atom. The van der Waals surface area contributed by atoms with Gasteiger partial charge in [-0.1, -0.05) is 6.92 Å². The number of amides is 1. The molecule has 8 heteroatoms. The topological polar surface area (TPSA) is 87.4 Å². The van der Waals surface area contributed by atoms with Crippen molar-refractivity contribution in [1.29, 1.82) is 0 Å². The van der Waals surface area contributed by atoms with Gasteiger partial charge in [-0.15, -0.1) is 0 Å². The van der Waals surface area contributed by atoms with E-state index in [2.05, 4.69) is 32.6 Å². The summed E-state index contributed by atoms with van der Waals surface area (Å²) >= 11 is 0. The predicted molar refractivity (Wildman–Crippen MR) is 93.5 cm³/mol. The third kappa shape index (κ3) is 4.94. The highest BCUT2D eigenvalue weighted by Crippen LogP contribution is 2.17. The van der Waals surface area contributed by atoms with Crippen LogP contribution in [0.5, 0.6) is 0 Å². The van der Waals surface area contributed by atoms with Crippen molar-refractivity contribution in [2.75, 3.05) is 19.6 Å². The second-order valence-electron chi connectivity index (χ2n) is 5.96. The van der Waals surface area contributed by atoms with E-state index in [0.717, 1.165) is 50.7 Å². The summed E-state index contributed by atoms with van der Waals surface area (Å²) in [7, 11) is 1.86. The molecule has 1 amide bonds. The van der Waals surface area contributed by atoms with Crippen LogP contribution in [0.4, 0.5) is 0 Å². The van der Waals surface area contributed by atoms with Crippen molar-refractivity contribution in [3.63, 3.8) is 0 Å². The van der Waals surface area contributed by atoms with Crippen LogP contribution in [0.2, 0.25) is 0 Å². The number of hydrogen-bond acceptors (Lipinski definition) is 4. The molecule has 1 atom stereocenters. The Balaban J connectivity index is 1.84. The number of aromatic nitrogens is 3. The summed E-state index contributed by atoms with van der Waals surface area (Å²) in [5.41, 5.74) is 0. The fourth-order valence-corrected chi connectivity index (χ4v) is 2.95. The van der Waals surface area contributed by atoms with Crippen LogP contribution in [0, 0.1) is 0 Å². The smallest absolute Gasteiger partial charge is 0.222 e. The van der Waals surface area contributed by atoms with E-state index in [1.54, 1.807) is 4.68 Å². The standard InChI is InChI=1S/C16H29N7O/c1-4-13(23-10-6-7-15(23)24)8-9-18-16(17-5-2)19-11-14-20-12-21-22(14)3/h12-13H,4-11H2,1-3H3,(H2,17,18,19). The molecule has 1 aromatic rings. The first-order chi connectivity index (χ1) is 11.7. The van der Waals surface area contributed by atoms with Gasteiger partial charge in [0.1, 0.15) is 18.7 Å². The van der Waals surface area contributed by atoms with Crippen LogP contribution in [0.15, 0.2) is 11.3 Å². The predicted octanol–water partition coefficient (Wildman–Crippen LogP) is 0.661. The Labute approximate surface area is 143 Å². The van der Waals surface area contributed by atoms with Crippen molar-refractivity contribution >= 4 is 11.9 Å². The molecule has 2 N–H and O–H groups in total. The molecule has 1 aromatic heterocycles. The van der Waals surface area contributed by atoms with Crippen LogP contribution >= 0.6 is 0 Å². The second kappa shape index (κ2) is 9.24. The van der Waals surface area contributed by atoms with E-state index in [9.17, 15) is 4.79 Å². The number of aliphatic imine (C=N–C) groups is 1. The van der Waals surface area contributed by atoms with Gasteiger partial charge in [0.15, 0.2) is 5.96 Å². The molecule has 1 fully saturated rings. The Bertz CT molecular complexity index is 554. The molecule has 134 valence electrons. The minimum atomic E-state index is 0.296. The van der Waals surface area contributed by atoms with Crippen LogP contribution in [-0.2, 0) is 18.4 Å². The second-order valence-corrected chi connectivity index (χ2v) is 5.96. The lowest BCUT2D eigenvalue weighted by Gasteiger charge is -2.27. The Morgan fingerprint density at radius 3 is 2.83 bits per heavy atom. The van der Waals surface area contributed by atoms with Crippen molar-refractivity contribution in [3.05, 3.63) is 12.2 Å². The highest BCUT2D eigenvalue weighted by Gasteiger charge is 2.26. The summed E-state index contributed by atoms with van der Waals surface area (Å²) in [4.78, 5) is 22.6. The molecule has 1 aliphatic rings. The quantitative estimate of drug-likeness (QED) is 0.538. The molecule has 24 heavy (non-hydrogen) atoms. The van der Waals surface area contributed by atoms with Crippen molar-refractivity contribution in [2.24, 2.45) is 12.0 Å². The van der Waals surface area contributed by atoms with E-state index < -0.39 is 0 Å². The van der Waals surface area contributed by atoms with Gasteiger partial charge in [-0.3, -0.25) is 9.48 Å². The third-order valence-corrected chi connectivity index (χ3v) is 4.32. The van der Waals surface area contributed by atoms with Crippen LogP contribution in [0.1, 0.15) is 45.4 Å². The fourth-order valence-electron chi connectivity index (χ4n) is 2.95.